The highest BCUT2D eigenvalue weighted by Crippen LogP contribution is 2.19. The summed E-state index contributed by atoms with van der Waals surface area (Å²) in [6.45, 7) is 0.501. The average Bonchev–Trinajstić information content (AvgIpc) is 2.71. The third-order valence-electron chi connectivity index (χ3n) is 2.59. The van der Waals surface area contributed by atoms with Crippen LogP contribution in [0.4, 0.5) is 4.39 Å². The van der Waals surface area contributed by atoms with E-state index in [1.165, 1.54) is 25.1 Å². The molecular weight excluding hydrogens is 195 g/mol. The molecule has 1 aliphatic rings. The highest BCUT2D eigenvalue weighted by atomic mass is 19.1. The Labute approximate surface area is 88.6 Å². The predicted molar refractivity (Wildman–Crippen MR) is 54.4 cm³/mol. The molecule has 0 saturated heterocycles. The van der Waals surface area contributed by atoms with Crippen LogP contribution in [0.5, 0.6) is 0 Å². The third kappa shape index (κ3) is 3.25. The van der Waals surface area contributed by atoms with E-state index in [1.807, 2.05) is 0 Å². The van der Waals surface area contributed by atoms with Crippen LogP contribution in [-0.4, -0.2) is 11.1 Å². The molecule has 0 atom stereocenters. The van der Waals surface area contributed by atoms with Crippen LogP contribution in [0.3, 0.4) is 0 Å². The van der Waals surface area contributed by atoms with Crippen LogP contribution >= 0.6 is 0 Å². The highest BCUT2D eigenvalue weighted by Gasteiger charge is 2.15. The third-order valence-corrected chi connectivity index (χ3v) is 2.59. The van der Waals surface area contributed by atoms with Crippen LogP contribution in [0.1, 0.15) is 31.2 Å². The number of aromatic nitrogens is 1. The number of hydroxylamine groups is 1. The van der Waals surface area contributed by atoms with E-state index in [-0.39, 0.29) is 5.82 Å². The second-order valence-electron chi connectivity index (χ2n) is 3.86. The van der Waals surface area contributed by atoms with Gasteiger partial charge >= 0.3 is 0 Å². The molecule has 0 bridgehead atoms. The van der Waals surface area contributed by atoms with E-state index in [0.717, 1.165) is 18.4 Å². The molecule has 1 N–H and O–H groups in total. The van der Waals surface area contributed by atoms with Gasteiger partial charge in [0, 0.05) is 12.7 Å². The molecule has 0 radical (unpaired) electrons. The Bertz CT molecular complexity index is 313. The molecule has 3 nitrogen and oxygen atoms in total. The molecule has 1 heterocycles. The first-order chi connectivity index (χ1) is 7.34. The minimum atomic E-state index is -0.310. The summed E-state index contributed by atoms with van der Waals surface area (Å²) in [5, 5.41) is 0. The number of halogens is 1. The lowest BCUT2D eigenvalue weighted by Gasteiger charge is -2.11. The van der Waals surface area contributed by atoms with Crippen LogP contribution in [0.25, 0.3) is 0 Å². The Kier molecular flexibility index (Phi) is 3.64. The van der Waals surface area contributed by atoms with Gasteiger partial charge in [-0.3, -0.25) is 9.82 Å². The Balaban J connectivity index is 1.73. The van der Waals surface area contributed by atoms with E-state index in [4.69, 9.17) is 4.84 Å². The number of hydrogen-bond donors (Lipinski definition) is 1. The zero-order valence-electron chi connectivity index (χ0n) is 8.58. The lowest BCUT2D eigenvalue weighted by Crippen LogP contribution is -2.21. The Hall–Kier alpha value is -1.00. The summed E-state index contributed by atoms with van der Waals surface area (Å²) in [6, 6.07) is 1.46. The molecule has 0 spiro atoms. The lowest BCUT2D eigenvalue weighted by atomic mass is 10.3. The predicted octanol–water partition coefficient (Wildman–Crippen LogP) is 2.18. The SMILES string of the molecule is Fc1cncc(CNOC2CCCC2)c1. The number of hydrogen-bond acceptors (Lipinski definition) is 3. The molecule has 1 aromatic rings. The van der Waals surface area contributed by atoms with Gasteiger partial charge in [0.1, 0.15) is 5.82 Å². The van der Waals surface area contributed by atoms with Gasteiger partial charge in [-0.15, -0.1) is 0 Å². The number of nitrogens with one attached hydrogen (secondary N) is 1. The van der Waals surface area contributed by atoms with Gasteiger partial charge in [-0.25, -0.2) is 4.39 Å². The van der Waals surface area contributed by atoms with Gasteiger partial charge < -0.3 is 0 Å². The molecule has 0 unspecified atom stereocenters. The zero-order valence-corrected chi connectivity index (χ0v) is 8.58. The van der Waals surface area contributed by atoms with E-state index in [0.29, 0.717) is 12.6 Å². The van der Waals surface area contributed by atoms with Crippen molar-refractivity contribution < 1.29 is 9.23 Å². The summed E-state index contributed by atoms with van der Waals surface area (Å²) >= 11 is 0. The van der Waals surface area contributed by atoms with Gasteiger partial charge in [0.05, 0.1) is 12.3 Å². The van der Waals surface area contributed by atoms with Crippen molar-refractivity contribution in [2.75, 3.05) is 0 Å². The second kappa shape index (κ2) is 5.19. The monoisotopic (exact) mass is 210 g/mol. The summed E-state index contributed by atoms with van der Waals surface area (Å²) in [5.74, 6) is -0.310. The van der Waals surface area contributed by atoms with E-state index < -0.39 is 0 Å². The molecule has 1 saturated carbocycles. The maximum atomic E-state index is 12.8. The summed E-state index contributed by atoms with van der Waals surface area (Å²) in [4.78, 5) is 9.21. The van der Waals surface area contributed by atoms with Crippen molar-refractivity contribution in [3.05, 3.63) is 29.8 Å². The summed E-state index contributed by atoms with van der Waals surface area (Å²) in [5.41, 5.74) is 3.66. The first kappa shape index (κ1) is 10.5. The van der Waals surface area contributed by atoms with Crippen molar-refractivity contribution in [2.45, 2.75) is 38.3 Å². The maximum absolute atomic E-state index is 12.8. The average molecular weight is 210 g/mol. The first-order valence-corrected chi connectivity index (χ1v) is 5.32. The Morgan fingerprint density at radius 1 is 1.40 bits per heavy atom. The van der Waals surface area contributed by atoms with Gasteiger partial charge in [-0.05, 0) is 24.5 Å². The minimum absolute atomic E-state index is 0.310. The molecule has 0 aliphatic heterocycles. The van der Waals surface area contributed by atoms with Crippen molar-refractivity contribution in [2.24, 2.45) is 0 Å². The molecule has 0 amide bonds. The summed E-state index contributed by atoms with van der Waals surface area (Å²) < 4.78 is 12.8. The molecule has 2 rings (SSSR count). The minimum Gasteiger partial charge on any atom is -0.298 e. The molecular formula is C11H15FN2O. The van der Waals surface area contributed by atoms with Gasteiger partial charge in [0.15, 0.2) is 0 Å². The highest BCUT2D eigenvalue weighted by molar-refractivity contribution is 5.09. The molecule has 1 fully saturated rings. The summed E-state index contributed by atoms with van der Waals surface area (Å²) in [6.07, 6.45) is 7.88. The Morgan fingerprint density at radius 3 is 2.93 bits per heavy atom. The van der Waals surface area contributed by atoms with Crippen molar-refractivity contribution in [3.8, 4) is 0 Å². The van der Waals surface area contributed by atoms with Crippen LogP contribution in [0.2, 0.25) is 0 Å². The number of pyridine rings is 1. The smallest absolute Gasteiger partial charge is 0.141 e. The fraction of sp³-hybridized carbons (Fsp3) is 0.545. The van der Waals surface area contributed by atoms with E-state index >= 15 is 0 Å². The van der Waals surface area contributed by atoms with Crippen LogP contribution in [0.15, 0.2) is 18.5 Å². The Morgan fingerprint density at radius 2 is 2.20 bits per heavy atom. The molecule has 4 heteroatoms. The fourth-order valence-corrected chi connectivity index (χ4v) is 1.80. The van der Waals surface area contributed by atoms with Crippen molar-refractivity contribution in [3.63, 3.8) is 0 Å². The summed E-state index contributed by atoms with van der Waals surface area (Å²) in [7, 11) is 0. The molecule has 82 valence electrons. The van der Waals surface area contributed by atoms with E-state index in [1.54, 1.807) is 6.20 Å². The molecule has 1 aromatic heterocycles. The second-order valence-corrected chi connectivity index (χ2v) is 3.86. The van der Waals surface area contributed by atoms with E-state index in [9.17, 15) is 4.39 Å². The lowest BCUT2D eigenvalue weighted by molar-refractivity contribution is -0.0244. The maximum Gasteiger partial charge on any atom is 0.141 e. The van der Waals surface area contributed by atoms with Gasteiger partial charge in [-0.1, -0.05) is 12.8 Å². The molecule has 15 heavy (non-hydrogen) atoms. The van der Waals surface area contributed by atoms with Gasteiger partial charge in [-0.2, -0.15) is 5.48 Å². The molecule has 0 aromatic carbocycles. The first-order valence-electron chi connectivity index (χ1n) is 5.32. The topological polar surface area (TPSA) is 34.2 Å². The number of nitrogens with zero attached hydrogens (tertiary/aromatic N) is 1. The van der Waals surface area contributed by atoms with Crippen molar-refractivity contribution >= 4 is 0 Å². The molecule has 1 aliphatic carbocycles. The van der Waals surface area contributed by atoms with Crippen LogP contribution in [-0.2, 0) is 11.4 Å². The van der Waals surface area contributed by atoms with Gasteiger partial charge in [0.25, 0.3) is 0 Å². The van der Waals surface area contributed by atoms with Crippen molar-refractivity contribution in [1.82, 2.24) is 10.5 Å². The standard InChI is InChI=1S/C11H15FN2O/c12-10-5-9(6-13-8-10)7-14-15-11-3-1-2-4-11/h5-6,8,11,14H,1-4,7H2. The van der Waals surface area contributed by atoms with E-state index in [2.05, 4.69) is 10.5 Å². The fourth-order valence-electron chi connectivity index (χ4n) is 1.80. The van der Waals surface area contributed by atoms with Gasteiger partial charge in [0.2, 0.25) is 0 Å². The number of rotatable bonds is 4. The van der Waals surface area contributed by atoms with Crippen LogP contribution < -0.4 is 5.48 Å². The quantitative estimate of drug-likeness (QED) is 0.773. The van der Waals surface area contributed by atoms with Crippen molar-refractivity contribution in [1.29, 1.82) is 0 Å². The zero-order chi connectivity index (χ0) is 10.5. The van der Waals surface area contributed by atoms with Crippen LogP contribution in [0, 0.1) is 5.82 Å². The normalized spacial score (nSPS) is 17.1. The largest absolute Gasteiger partial charge is 0.298 e.